The first kappa shape index (κ1) is 29.1. The van der Waals surface area contributed by atoms with Gasteiger partial charge in [-0.05, 0) is 18.4 Å². The maximum absolute atomic E-state index is 13.3. The van der Waals surface area contributed by atoms with Gasteiger partial charge in [-0.25, -0.2) is 9.59 Å². The molecule has 1 fully saturated rings. The zero-order valence-corrected chi connectivity index (χ0v) is 20.5. The Balaban J connectivity index is 0.00000104. The number of nitrogens with two attached hydrogens (primary N) is 1. The average Bonchev–Trinajstić information content (AvgIpc) is 2.74. The molecule has 1 saturated heterocycles. The molecular weight excluding hydrogens is 521 g/mol. The molecule has 2 unspecified atom stereocenters. The fourth-order valence-corrected chi connectivity index (χ4v) is 3.30. The van der Waals surface area contributed by atoms with Gasteiger partial charge in [-0.2, -0.15) is 0 Å². The minimum absolute atomic E-state index is 0.0294. The summed E-state index contributed by atoms with van der Waals surface area (Å²) in [6.45, 7) is 3.84. The van der Waals surface area contributed by atoms with Crippen LogP contribution in [-0.2, 0) is 32.1 Å². The molecule has 190 valence electrons. The first-order chi connectivity index (χ1) is 15.9. The predicted octanol–water partition coefficient (Wildman–Crippen LogP) is -0.0390. The van der Waals surface area contributed by atoms with E-state index in [1.807, 2.05) is 6.92 Å². The van der Waals surface area contributed by atoms with Gasteiger partial charge in [0.1, 0.15) is 6.10 Å². The molecule has 0 aliphatic carbocycles. The van der Waals surface area contributed by atoms with Gasteiger partial charge in [0.2, 0.25) is 5.91 Å². The third-order valence-electron chi connectivity index (χ3n) is 4.88. The molecule has 0 saturated carbocycles. The van der Waals surface area contributed by atoms with E-state index in [1.54, 1.807) is 37.3 Å². The number of carbonyl (C=O) groups is 4. The number of primary amides is 1. The van der Waals surface area contributed by atoms with E-state index < -0.39 is 48.8 Å². The van der Waals surface area contributed by atoms with E-state index in [0.717, 1.165) is 17.7 Å². The molecule has 0 radical (unpaired) electrons. The van der Waals surface area contributed by atoms with E-state index in [1.165, 1.54) is 0 Å². The standard InChI is InChI=1S/C20H27N3O6.H2O4Se/c1-3-5-11-28-13-15(29-18(21)26)12-23-17(25)20(4-2,16(24)22-19(23)27)14-9-7-6-8-10-14;1-5(2,3)4/h6-10,15H,3-5,11-13H2,1-2H3,(H2,21,26)(H,22,24,27);(H2,1,2,3,4). The molecule has 13 nitrogen and oxygen atoms in total. The molecule has 5 N–H and O–H groups in total. The van der Waals surface area contributed by atoms with Crippen LogP contribution in [0.2, 0.25) is 0 Å². The average molecular weight is 550 g/mol. The van der Waals surface area contributed by atoms with Gasteiger partial charge >= 0.3 is 41.5 Å². The van der Waals surface area contributed by atoms with E-state index in [2.05, 4.69) is 5.32 Å². The van der Waals surface area contributed by atoms with Gasteiger partial charge in [-0.1, -0.05) is 50.6 Å². The summed E-state index contributed by atoms with van der Waals surface area (Å²) in [5.41, 5.74) is 4.05. The van der Waals surface area contributed by atoms with Crippen molar-refractivity contribution in [3.05, 3.63) is 35.9 Å². The number of nitrogens with zero attached hydrogens (tertiary/aromatic N) is 1. The van der Waals surface area contributed by atoms with Crippen LogP contribution in [0.1, 0.15) is 38.7 Å². The third-order valence-corrected chi connectivity index (χ3v) is 4.88. The molecular formula is C20H29N3O10Se. The quantitative estimate of drug-likeness (QED) is 0.174. The first-order valence-corrected chi connectivity index (χ1v) is 13.3. The Hall–Kier alpha value is -2.90. The van der Waals surface area contributed by atoms with Crippen LogP contribution in [0.25, 0.3) is 0 Å². The van der Waals surface area contributed by atoms with E-state index in [4.69, 9.17) is 31.3 Å². The monoisotopic (exact) mass is 551 g/mol. The Morgan fingerprint density at radius 3 is 2.26 bits per heavy atom. The van der Waals surface area contributed by atoms with Crippen LogP contribution in [0.5, 0.6) is 0 Å². The number of ether oxygens (including phenoxy) is 2. The Morgan fingerprint density at radius 1 is 1.18 bits per heavy atom. The first-order valence-electron chi connectivity index (χ1n) is 10.3. The molecule has 1 aliphatic heterocycles. The van der Waals surface area contributed by atoms with Gasteiger partial charge in [0.25, 0.3) is 5.91 Å². The number of nitrogens with one attached hydrogen (secondary N) is 1. The summed E-state index contributed by atoms with van der Waals surface area (Å²) in [6, 6.07) is 7.67. The van der Waals surface area contributed by atoms with Gasteiger partial charge in [-0.15, -0.1) is 0 Å². The molecule has 1 heterocycles. The van der Waals surface area contributed by atoms with Crippen molar-refractivity contribution in [1.82, 2.24) is 10.2 Å². The summed E-state index contributed by atoms with van der Waals surface area (Å²) in [4.78, 5) is 50.6. The van der Waals surface area contributed by atoms with Crippen molar-refractivity contribution in [2.75, 3.05) is 19.8 Å². The predicted molar refractivity (Wildman–Crippen MR) is 115 cm³/mol. The number of unbranched alkanes of at least 4 members (excludes halogenated alkanes) is 1. The molecule has 1 aromatic rings. The van der Waals surface area contributed by atoms with Crippen LogP contribution in [0.4, 0.5) is 9.59 Å². The summed E-state index contributed by atoms with van der Waals surface area (Å²) in [5.74, 6) is -1.35. The summed E-state index contributed by atoms with van der Waals surface area (Å²) in [6.07, 6.45) is -0.0994. The van der Waals surface area contributed by atoms with Gasteiger partial charge in [-0.3, -0.25) is 19.8 Å². The van der Waals surface area contributed by atoms with Crippen LogP contribution >= 0.6 is 0 Å². The maximum atomic E-state index is 13.3. The fraction of sp³-hybridized carbons (Fsp3) is 0.500. The zero-order valence-electron chi connectivity index (χ0n) is 18.8. The molecule has 14 heteroatoms. The Bertz CT molecular complexity index is 962. The van der Waals surface area contributed by atoms with Gasteiger partial charge in [0, 0.05) is 6.61 Å². The second-order valence-electron chi connectivity index (χ2n) is 7.24. The van der Waals surface area contributed by atoms with E-state index in [-0.39, 0.29) is 19.6 Å². The number of benzene rings is 1. The molecule has 1 aliphatic rings. The zero-order chi connectivity index (χ0) is 25.9. The van der Waals surface area contributed by atoms with E-state index in [0.29, 0.717) is 12.2 Å². The van der Waals surface area contributed by atoms with Crippen molar-refractivity contribution in [1.29, 1.82) is 0 Å². The Kier molecular flexibility index (Phi) is 11.2. The summed E-state index contributed by atoms with van der Waals surface area (Å²) >= 11 is -5.25. The van der Waals surface area contributed by atoms with Crippen molar-refractivity contribution >= 4 is 37.3 Å². The van der Waals surface area contributed by atoms with Crippen LogP contribution < -0.4 is 11.1 Å². The number of urea groups is 1. The number of rotatable bonds is 10. The summed E-state index contributed by atoms with van der Waals surface area (Å²) in [5, 5.41) is 2.25. The molecule has 2 rings (SSSR count). The number of barbiturate groups is 1. The van der Waals surface area contributed by atoms with Crippen LogP contribution in [0.3, 0.4) is 0 Å². The number of hydrogen-bond acceptors (Lipinski definition) is 8. The second-order valence-corrected chi connectivity index (χ2v) is 9.11. The van der Waals surface area contributed by atoms with Gasteiger partial charge < -0.3 is 15.2 Å². The van der Waals surface area contributed by atoms with E-state index >= 15 is 0 Å². The molecule has 34 heavy (non-hydrogen) atoms. The number of imide groups is 2. The normalized spacial score (nSPS) is 19.1. The fourth-order valence-electron chi connectivity index (χ4n) is 3.30. The van der Waals surface area contributed by atoms with Crippen molar-refractivity contribution in [2.24, 2.45) is 5.73 Å². The third kappa shape index (κ3) is 8.46. The van der Waals surface area contributed by atoms with Crippen molar-refractivity contribution in [3.63, 3.8) is 0 Å². The molecule has 0 aromatic heterocycles. The molecule has 0 bridgehead atoms. The van der Waals surface area contributed by atoms with E-state index in [9.17, 15) is 19.2 Å². The number of hydrogen-bond donors (Lipinski definition) is 4. The number of carbonyl (C=O) groups excluding carboxylic acids is 4. The number of amides is 5. The molecule has 2 atom stereocenters. The van der Waals surface area contributed by atoms with Gasteiger partial charge in [0.15, 0.2) is 5.41 Å². The van der Waals surface area contributed by atoms with Crippen molar-refractivity contribution < 1.29 is 44.7 Å². The molecule has 5 amide bonds. The van der Waals surface area contributed by atoms with Crippen molar-refractivity contribution in [2.45, 2.75) is 44.6 Å². The Morgan fingerprint density at radius 2 is 1.76 bits per heavy atom. The second kappa shape index (κ2) is 13.1. The Labute approximate surface area is 198 Å². The van der Waals surface area contributed by atoms with Crippen LogP contribution in [0.15, 0.2) is 30.3 Å². The van der Waals surface area contributed by atoms with Crippen LogP contribution in [0, 0.1) is 0 Å². The topological polar surface area (TPSA) is 203 Å². The minimum atomic E-state index is -5.25. The summed E-state index contributed by atoms with van der Waals surface area (Å²) < 4.78 is 42.4. The van der Waals surface area contributed by atoms with Crippen molar-refractivity contribution in [3.8, 4) is 0 Å². The SMILES string of the molecule is CCCCOCC(CN1C(=O)NC(=O)C(CC)(c2ccccc2)C1=O)OC(N)=O.O=[Se](=O)(O)O. The molecule has 1 aromatic carbocycles. The molecule has 0 spiro atoms. The summed E-state index contributed by atoms with van der Waals surface area (Å²) in [7, 11) is 0. The van der Waals surface area contributed by atoms with Gasteiger partial charge in [0.05, 0.1) is 13.2 Å². The van der Waals surface area contributed by atoms with Crippen LogP contribution in [-0.4, -0.2) is 76.4 Å².